The molecule has 3 aliphatic rings. The molecular formula is C26H40O2Si. The topological polar surface area (TPSA) is 29.5 Å². The highest BCUT2D eigenvalue weighted by molar-refractivity contribution is 6.74. The monoisotopic (exact) mass is 412 g/mol. The van der Waals surface area contributed by atoms with Crippen LogP contribution in [0.1, 0.15) is 76.8 Å². The third kappa shape index (κ3) is 3.52. The van der Waals surface area contributed by atoms with E-state index >= 15 is 0 Å². The van der Waals surface area contributed by atoms with E-state index in [1.54, 1.807) is 5.56 Å². The van der Waals surface area contributed by atoms with Gasteiger partial charge in [-0.25, -0.2) is 0 Å². The van der Waals surface area contributed by atoms with Gasteiger partial charge in [-0.15, -0.1) is 0 Å². The van der Waals surface area contributed by atoms with Crippen LogP contribution in [0.15, 0.2) is 29.8 Å². The van der Waals surface area contributed by atoms with Crippen molar-refractivity contribution in [2.45, 2.75) is 90.3 Å². The van der Waals surface area contributed by atoms with Crippen LogP contribution in [-0.4, -0.2) is 20.0 Å². The fraction of sp³-hybridized carbons (Fsp3) is 0.692. The second kappa shape index (κ2) is 7.27. The van der Waals surface area contributed by atoms with E-state index in [4.69, 9.17) is 4.43 Å². The van der Waals surface area contributed by atoms with E-state index < -0.39 is 8.32 Å². The number of benzene rings is 1. The Morgan fingerprint density at radius 1 is 1.17 bits per heavy atom. The van der Waals surface area contributed by atoms with Crippen LogP contribution in [0.25, 0.3) is 0 Å². The summed E-state index contributed by atoms with van der Waals surface area (Å²) in [4.78, 5) is 0. The molecule has 4 unspecified atom stereocenters. The van der Waals surface area contributed by atoms with Crippen molar-refractivity contribution in [1.82, 2.24) is 0 Å². The van der Waals surface area contributed by atoms with E-state index in [2.05, 4.69) is 65.1 Å². The Labute approximate surface area is 178 Å². The van der Waals surface area contributed by atoms with Crippen LogP contribution in [0.5, 0.6) is 5.75 Å². The molecule has 0 spiro atoms. The molecule has 0 aliphatic heterocycles. The summed E-state index contributed by atoms with van der Waals surface area (Å²) < 4.78 is 6.60. The number of fused-ring (bicyclic) bond motifs is 5. The molecule has 2 nitrogen and oxygen atoms in total. The SMILES string of the molecule is CC12CCC3c4ccc(O[Si](C)(C)C(C)(C)C)cc4CCC3C1CC/C2=C\CO. The second-order valence-electron chi connectivity index (χ2n) is 11.5. The number of hydrogen-bond acceptors (Lipinski definition) is 2. The molecular weight excluding hydrogens is 372 g/mol. The fourth-order valence-electron chi connectivity index (χ4n) is 6.36. The lowest BCUT2D eigenvalue weighted by Gasteiger charge is -2.49. The van der Waals surface area contributed by atoms with E-state index in [0.29, 0.717) is 11.3 Å². The van der Waals surface area contributed by atoms with Crippen LogP contribution in [0.4, 0.5) is 0 Å². The maximum atomic E-state index is 9.47. The van der Waals surface area contributed by atoms with Crippen molar-refractivity contribution in [2.75, 3.05) is 6.61 Å². The van der Waals surface area contributed by atoms with Gasteiger partial charge in [0.2, 0.25) is 8.32 Å². The minimum atomic E-state index is -1.80. The molecule has 1 aromatic rings. The zero-order valence-corrected chi connectivity index (χ0v) is 20.3. The summed E-state index contributed by atoms with van der Waals surface area (Å²) >= 11 is 0. The van der Waals surface area contributed by atoms with Crippen molar-refractivity contribution >= 4 is 8.32 Å². The minimum Gasteiger partial charge on any atom is -0.543 e. The van der Waals surface area contributed by atoms with Crippen LogP contribution in [-0.2, 0) is 6.42 Å². The quantitative estimate of drug-likeness (QED) is 0.435. The van der Waals surface area contributed by atoms with Crippen molar-refractivity contribution in [1.29, 1.82) is 0 Å². The molecule has 160 valence electrons. The first-order chi connectivity index (χ1) is 13.6. The summed E-state index contributed by atoms with van der Waals surface area (Å²) in [7, 11) is -1.80. The van der Waals surface area contributed by atoms with Gasteiger partial charge in [0.1, 0.15) is 5.75 Å². The van der Waals surface area contributed by atoms with Gasteiger partial charge in [-0.3, -0.25) is 0 Å². The molecule has 1 aromatic carbocycles. The minimum absolute atomic E-state index is 0.200. The summed E-state index contributed by atoms with van der Waals surface area (Å²) in [5, 5.41) is 9.69. The average molecular weight is 413 g/mol. The van der Waals surface area contributed by atoms with E-state index in [9.17, 15) is 5.11 Å². The van der Waals surface area contributed by atoms with Crippen LogP contribution >= 0.6 is 0 Å². The largest absolute Gasteiger partial charge is 0.543 e. The number of allylic oxidation sites excluding steroid dienone is 1. The molecule has 0 aromatic heterocycles. The van der Waals surface area contributed by atoms with Crippen molar-refractivity contribution in [3.8, 4) is 5.75 Å². The number of aliphatic hydroxyl groups is 1. The van der Waals surface area contributed by atoms with Gasteiger partial charge < -0.3 is 9.53 Å². The van der Waals surface area contributed by atoms with Gasteiger partial charge in [0.15, 0.2) is 0 Å². The molecule has 0 amide bonds. The van der Waals surface area contributed by atoms with Crippen molar-refractivity contribution < 1.29 is 9.53 Å². The molecule has 1 N–H and O–H groups in total. The zero-order valence-electron chi connectivity index (χ0n) is 19.3. The Morgan fingerprint density at radius 2 is 1.93 bits per heavy atom. The molecule has 0 heterocycles. The maximum absolute atomic E-state index is 9.47. The summed E-state index contributed by atoms with van der Waals surface area (Å²) in [5.41, 5.74) is 5.00. The van der Waals surface area contributed by atoms with E-state index in [1.807, 2.05) is 0 Å². The van der Waals surface area contributed by atoms with Crippen molar-refractivity contribution in [3.63, 3.8) is 0 Å². The molecule has 0 saturated heterocycles. The standard InChI is InChI=1S/C26H40O2Si/c1-25(2,3)29(5,6)28-20-9-11-21-18(17-20)7-10-23-22(21)13-15-26(4)19(14-16-27)8-12-24(23)26/h9,11,14,17,22-24,27H,7-8,10,12-13,15-16H2,1-6H3/b19-14+. The van der Waals surface area contributed by atoms with Gasteiger partial charge in [0.25, 0.3) is 0 Å². The van der Waals surface area contributed by atoms with Gasteiger partial charge in [-0.05, 0) is 103 Å². The summed E-state index contributed by atoms with van der Waals surface area (Å²) in [6, 6.07) is 7.02. The predicted octanol–water partition coefficient (Wildman–Crippen LogP) is 6.85. The second-order valence-corrected chi connectivity index (χ2v) is 16.3. The summed E-state index contributed by atoms with van der Waals surface area (Å²) in [6.45, 7) is 14.3. The van der Waals surface area contributed by atoms with Gasteiger partial charge in [-0.2, -0.15) is 0 Å². The van der Waals surface area contributed by atoms with Crippen LogP contribution in [0, 0.1) is 17.3 Å². The first-order valence-electron chi connectivity index (χ1n) is 11.7. The molecule has 3 heteroatoms. The summed E-state index contributed by atoms with van der Waals surface area (Å²) in [6.07, 6.45) is 9.68. The number of rotatable bonds is 3. The lowest BCUT2D eigenvalue weighted by atomic mass is 9.55. The highest BCUT2D eigenvalue weighted by Gasteiger charge is 2.52. The summed E-state index contributed by atoms with van der Waals surface area (Å²) in [5.74, 6) is 3.39. The lowest BCUT2D eigenvalue weighted by Crippen LogP contribution is -2.44. The van der Waals surface area contributed by atoms with Crippen LogP contribution < -0.4 is 4.43 Å². The first kappa shape index (κ1) is 21.2. The Hall–Kier alpha value is -1.06. The highest BCUT2D eigenvalue weighted by Crippen LogP contribution is 2.62. The van der Waals surface area contributed by atoms with Crippen LogP contribution in [0.2, 0.25) is 18.1 Å². The number of hydrogen-bond donors (Lipinski definition) is 1. The lowest BCUT2D eigenvalue weighted by molar-refractivity contribution is 0.0810. The first-order valence-corrected chi connectivity index (χ1v) is 14.6. The van der Waals surface area contributed by atoms with Crippen molar-refractivity contribution in [2.24, 2.45) is 17.3 Å². The van der Waals surface area contributed by atoms with Gasteiger partial charge >= 0.3 is 0 Å². The molecule has 4 atom stereocenters. The third-order valence-electron chi connectivity index (χ3n) is 9.06. The van der Waals surface area contributed by atoms with Gasteiger partial charge in [0.05, 0.1) is 6.61 Å². The smallest absolute Gasteiger partial charge is 0.250 e. The Bertz CT molecular complexity index is 803. The molecule has 0 radical (unpaired) electrons. The number of aliphatic hydroxyl groups excluding tert-OH is 1. The molecule has 0 bridgehead atoms. The Morgan fingerprint density at radius 3 is 2.62 bits per heavy atom. The normalized spacial score (nSPS) is 33.2. The van der Waals surface area contributed by atoms with E-state index in [-0.39, 0.29) is 11.6 Å². The molecule has 4 rings (SSSR count). The van der Waals surface area contributed by atoms with Gasteiger partial charge in [0, 0.05) is 0 Å². The van der Waals surface area contributed by atoms with Crippen molar-refractivity contribution in [3.05, 3.63) is 41.0 Å². The molecule has 2 saturated carbocycles. The van der Waals surface area contributed by atoms with Crippen LogP contribution in [0.3, 0.4) is 0 Å². The maximum Gasteiger partial charge on any atom is 0.250 e. The molecule has 3 aliphatic carbocycles. The van der Waals surface area contributed by atoms with E-state index in [0.717, 1.165) is 17.6 Å². The average Bonchev–Trinajstić information content (AvgIpc) is 2.97. The molecule has 29 heavy (non-hydrogen) atoms. The Balaban J connectivity index is 1.58. The third-order valence-corrected chi connectivity index (χ3v) is 13.4. The Kier molecular flexibility index (Phi) is 5.31. The highest BCUT2D eigenvalue weighted by atomic mass is 28.4. The predicted molar refractivity (Wildman–Crippen MR) is 124 cm³/mol. The van der Waals surface area contributed by atoms with Gasteiger partial charge in [-0.1, -0.05) is 45.4 Å². The fourth-order valence-corrected chi connectivity index (χ4v) is 7.39. The zero-order chi connectivity index (χ0) is 21.0. The molecule has 2 fully saturated rings. The number of aryl methyl sites for hydroxylation is 1. The van der Waals surface area contributed by atoms with E-state index in [1.165, 1.54) is 49.7 Å².